The summed E-state index contributed by atoms with van der Waals surface area (Å²) in [5, 5.41) is 0. The van der Waals surface area contributed by atoms with Gasteiger partial charge in [0.2, 0.25) is 5.91 Å². The summed E-state index contributed by atoms with van der Waals surface area (Å²) in [6, 6.07) is 0.157. The smallest absolute Gasteiger partial charge is 0.355 e. The van der Waals surface area contributed by atoms with Crippen molar-refractivity contribution in [1.29, 1.82) is 0 Å². The van der Waals surface area contributed by atoms with Gasteiger partial charge in [-0.1, -0.05) is 32.9 Å². The number of amides is 1. The first-order valence-electron chi connectivity index (χ1n) is 8.09. The van der Waals surface area contributed by atoms with Crippen molar-refractivity contribution >= 4 is 21.1 Å². The Hall–Kier alpha value is -1.15. The van der Waals surface area contributed by atoms with Gasteiger partial charge in [-0.2, -0.15) is 0 Å². The summed E-state index contributed by atoms with van der Waals surface area (Å²) in [6.45, 7) is 7.99. The number of carbonyl (C=O) groups excluding carboxylic acids is 2. The lowest BCUT2D eigenvalue weighted by Crippen LogP contribution is -2.63. The molecule has 2 aliphatic heterocycles. The molecule has 4 nitrogen and oxygen atoms in total. The number of hydrogen-bond donors (Lipinski definition) is 0. The zero-order valence-corrected chi connectivity index (χ0v) is 14.4. The predicted molar refractivity (Wildman–Crippen MR) is 88.0 cm³/mol. The van der Waals surface area contributed by atoms with Gasteiger partial charge in [0.05, 0.1) is 12.0 Å². The van der Waals surface area contributed by atoms with Crippen molar-refractivity contribution in [3.05, 3.63) is 23.9 Å². The Bertz CT molecular complexity index is 554. The minimum absolute atomic E-state index is 0.0139. The van der Waals surface area contributed by atoms with Gasteiger partial charge in [0.15, 0.2) is 0 Å². The van der Waals surface area contributed by atoms with Crippen molar-refractivity contribution in [3.63, 3.8) is 0 Å². The fraction of sp³-hybridized carbons (Fsp3) is 0.647. The molecule has 0 aromatic carbocycles. The quantitative estimate of drug-likeness (QED) is 0.346. The zero-order valence-electron chi connectivity index (χ0n) is 13.2. The topological polar surface area (TPSA) is 46.6 Å². The third-order valence-corrected chi connectivity index (χ3v) is 5.70. The minimum atomic E-state index is -0.362. The van der Waals surface area contributed by atoms with E-state index in [4.69, 9.17) is 4.74 Å². The lowest BCUT2D eigenvalue weighted by molar-refractivity contribution is -0.157. The Balaban J connectivity index is 1.97. The molecule has 3 aliphatic rings. The molecule has 6 atom stereocenters. The van der Waals surface area contributed by atoms with Crippen LogP contribution in [0.3, 0.4) is 0 Å². The van der Waals surface area contributed by atoms with Crippen LogP contribution in [0, 0.1) is 17.8 Å². The second-order valence-electron chi connectivity index (χ2n) is 6.71. The number of nitrogens with zero attached hydrogens (tertiary/aromatic N) is 1. The molecule has 0 N–H and O–H groups in total. The van der Waals surface area contributed by atoms with E-state index in [2.05, 4.69) is 29.7 Å². The maximum atomic E-state index is 12.6. The number of β-lactam (4-membered cyclic amide) rings is 1. The molecule has 1 saturated carbocycles. The number of carbonyl (C=O) groups is 2. The van der Waals surface area contributed by atoms with Gasteiger partial charge in [-0.05, 0) is 30.0 Å². The largest absolute Gasteiger partial charge is 0.457 e. The van der Waals surface area contributed by atoms with Crippen LogP contribution in [0.1, 0.15) is 33.1 Å². The molecule has 1 saturated heterocycles. The van der Waals surface area contributed by atoms with Crippen molar-refractivity contribution in [2.75, 3.05) is 6.61 Å². The Morgan fingerprint density at radius 1 is 1.55 bits per heavy atom. The number of hydrogen-bond acceptors (Lipinski definition) is 3. The molecule has 1 unspecified atom stereocenters. The molecule has 0 aromatic rings. The van der Waals surface area contributed by atoms with E-state index in [1.165, 1.54) is 6.42 Å². The van der Waals surface area contributed by atoms with Gasteiger partial charge in [-0.15, -0.1) is 9.24 Å². The summed E-state index contributed by atoms with van der Waals surface area (Å²) >= 11 is 0. The monoisotopic (exact) mass is 321 g/mol. The number of rotatable bonds is 4. The first kappa shape index (κ1) is 15.7. The van der Waals surface area contributed by atoms with Gasteiger partial charge in [0, 0.05) is 5.92 Å². The maximum Gasteiger partial charge on any atom is 0.355 e. The zero-order chi connectivity index (χ0) is 16.0. The minimum Gasteiger partial charge on any atom is -0.457 e. The molecule has 1 amide bonds. The first-order valence-corrected chi connectivity index (χ1v) is 8.76. The van der Waals surface area contributed by atoms with Crippen LogP contribution in [0.15, 0.2) is 23.9 Å². The summed E-state index contributed by atoms with van der Waals surface area (Å²) in [7, 11) is 2.75. The lowest BCUT2D eigenvalue weighted by atomic mass is 9.70. The van der Waals surface area contributed by atoms with Crippen molar-refractivity contribution in [2.24, 2.45) is 17.8 Å². The van der Waals surface area contributed by atoms with Crippen LogP contribution in [-0.4, -0.2) is 35.1 Å². The summed E-state index contributed by atoms with van der Waals surface area (Å²) in [5.41, 5.74) is 1.93. The van der Waals surface area contributed by atoms with Crippen LogP contribution in [0.2, 0.25) is 0 Å². The van der Waals surface area contributed by atoms with Gasteiger partial charge in [0.1, 0.15) is 12.3 Å². The number of ether oxygens (including phenoxy) is 1. The SMILES string of the molecule is C=CCOC(=O)C1=C2[C@@H](C)CCC[C@@H]2[C@@H]2[C@@H]([C@@H](C)P)C(=O)N12. The number of esters is 1. The fourth-order valence-electron chi connectivity index (χ4n) is 4.40. The molecule has 120 valence electrons. The summed E-state index contributed by atoms with van der Waals surface area (Å²) in [4.78, 5) is 26.8. The molecule has 0 radical (unpaired) electrons. The summed E-state index contributed by atoms with van der Waals surface area (Å²) in [6.07, 6.45) is 4.88. The van der Waals surface area contributed by atoms with E-state index in [0.29, 0.717) is 17.5 Å². The van der Waals surface area contributed by atoms with E-state index in [9.17, 15) is 9.59 Å². The van der Waals surface area contributed by atoms with E-state index < -0.39 is 0 Å². The van der Waals surface area contributed by atoms with E-state index in [0.717, 1.165) is 18.4 Å². The molecule has 0 aromatic heterocycles. The average Bonchev–Trinajstić information content (AvgIpc) is 2.76. The highest BCUT2D eigenvalue weighted by Gasteiger charge is 2.61. The van der Waals surface area contributed by atoms with E-state index in [1.807, 2.05) is 0 Å². The van der Waals surface area contributed by atoms with Crippen LogP contribution in [0.4, 0.5) is 0 Å². The molecule has 0 spiro atoms. The Morgan fingerprint density at radius 3 is 2.91 bits per heavy atom. The normalized spacial score (nSPS) is 34.7. The molecule has 2 fully saturated rings. The molecule has 0 bridgehead atoms. The Morgan fingerprint density at radius 2 is 2.27 bits per heavy atom. The third kappa shape index (κ3) is 2.15. The van der Waals surface area contributed by atoms with Gasteiger partial charge in [-0.25, -0.2) is 4.79 Å². The van der Waals surface area contributed by atoms with Crippen molar-refractivity contribution in [2.45, 2.75) is 44.8 Å². The van der Waals surface area contributed by atoms with Gasteiger partial charge in [-0.3, -0.25) is 4.79 Å². The van der Waals surface area contributed by atoms with E-state index in [-0.39, 0.29) is 36.1 Å². The van der Waals surface area contributed by atoms with Gasteiger partial charge < -0.3 is 9.64 Å². The fourth-order valence-corrected chi connectivity index (χ4v) is 4.79. The van der Waals surface area contributed by atoms with Crippen molar-refractivity contribution in [3.8, 4) is 0 Å². The summed E-state index contributed by atoms with van der Waals surface area (Å²) in [5.74, 6) is 0.413. The second-order valence-corrected chi connectivity index (χ2v) is 7.76. The Kier molecular flexibility index (Phi) is 4.15. The van der Waals surface area contributed by atoms with Crippen LogP contribution >= 0.6 is 9.24 Å². The van der Waals surface area contributed by atoms with E-state index >= 15 is 0 Å². The second kappa shape index (κ2) is 5.81. The Labute approximate surface area is 134 Å². The van der Waals surface area contributed by atoms with Crippen LogP contribution in [0.25, 0.3) is 0 Å². The van der Waals surface area contributed by atoms with E-state index in [1.54, 1.807) is 11.0 Å². The lowest BCUT2D eigenvalue weighted by Gasteiger charge is -2.48. The molecule has 5 heteroatoms. The van der Waals surface area contributed by atoms with Crippen molar-refractivity contribution < 1.29 is 14.3 Å². The highest BCUT2D eigenvalue weighted by molar-refractivity contribution is 7.17. The molecular formula is C17H24NO3P. The molecule has 22 heavy (non-hydrogen) atoms. The van der Waals surface area contributed by atoms with Crippen LogP contribution < -0.4 is 0 Å². The van der Waals surface area contributed by atoms with Crippen LogP contribution in [-0.2, 0) is 14.3 Å². The molecule has 2 heterocycles. The van der Waals surface area contributed by atoms with Gasteiger partial charge in [0.25, 0.3) is 0 Å². The average molecular weight is 321 g/mol. The predicted octanol–water partition coefficient (Wildman–Crippen LogP) is 2.51. The van der Waals surface area contributed by atoms with Gasteiger partial charge >= 0.3 is 5.97 Å². The highest BCUT2D eigenvalue weighted by Crippen LogP contribution is 2.54. The molecular weight excluding hydrogens is 297 g/mol. The van der Waals surface area contributed by atoms with Crippen molar-refractivity contribution in [1.82, 2.24) is 4.90 Å². The maximum absolute atomic E-state index is 12.6. The summed E-state index contributed by atoms with van der Waals surface area (Å²) < 4.78 is 5.26. The first-order chi connectivity index (χ1) is 10.5. The molecule has 3 rings (SSSR count). The highest BCUT2D eigenvalue weighted by atomic mass is 31.0. The third-order valence-electron chi connectivity index (χ3n) is 5.29. The standard InChI is InChI=1S/C17H24NO3P/c1-4-8-21-17(20)15-12-9(2)6-5-7-11(12)14-13(10(3)22)16(19)18(14)15/h4,9-11,13-14H,1,5-8,22H2,2-3H3/t9-,10+,11-,13+,14+/m0/s1. The number of fused-ring (bicyclic) bond motifs is 3. The molecule has 1 aliphatic carbocycles. The van der Waals surface area contributed by atoms with Crippen LogP contribution in [0.5, 0.6) is 0 Å².